The van der Waals surface area contributed by atoms with Crippen LogP contribution >= 0.6 is 51.1 Å². The molecule has 5 rings (SSSR count). The summed E-state index contributed by atoms with van der Waals surface area (Å²) >= 11 is 16.5. The molecule has 1 N–H and O–H groups in total. The number of aromatic nitrogens is 1. The van der Waals surface area contributed by atoms with Crippen molar-refractivity contribution < 1.29 is 22.8 Å². The Labute approximate surface area is 235 Å². The van der Waals surface area contributed by atoms with Crippen LogP contribution in [0.3, 0.4) is 0 Å². The SMILES string of the molecule is O=C(c1c(F)ccc(NSc2cccc(F)c2)c1F)c1cn(C(=O)c2c(Cl)cccc2Cl)c2c1=CC(Br)=[N+]=2. The molecule has 5 nitrogen and oxygen atoms in total. The molecule has 0 aliphatic carbocycles. The second-order valence-corrected chi connectivity index (χ2v) is 10.4. The van der Waals surface area contributed by atoms with Gasteiger partial charge in [-0.3, -0.25) is 4.79 Å². The highest BCUT2D eigenvalue weighted by Gasteiger charge is 2.33. The fourth-order valence-electron chi connectivity index (χ4n) is 3.80. The summed E-state index contributed by atoms with van der Waals surface area (Å²) in [5, 5.41) is 0.341. The maximum atomic E-state index is 15.4. The van der Waals surface area contributed by atoms with Gasteiger partial charge in [-0.2, -0.15) is 4.67 Å². The van der Waals surface area contributed by atoms with Gasteiger partial charge in [-0.25, -0.2) is 18.0 Å². The van der Waals surface area contributed by atoms with Gasteiger partial charge in [0.25, 0.3) is 4.62 Å². The van der Waals surface area contributed by atoms with E-state index in [0.717, 1.165) is 34.8 Å². The molecule has 0 unspecified atom stereocenters. The molecule has 0 radical (unpaired) electrons. The number of carbonyl (C=O) groups is 2. The number of nitrogens with zero attached hydrogens (tertiary/aromatic N) is 2. The lowest BCUT2D eigenvalue weighted by Crippen LogP contribution is -2.35. The van der Waals surface area contributed by atoms with Crippen molar-refractivity contribution in [2.45, 2.75) is 4.90 Å². The number of hydrogen-bond donors (Lipinski definition) is 1. The van der Waals surface area contributed by atoms with Gasteiger partial charge >= 0.3 is 11.4 Å². The molecule has 1 aromatic heterocycles. The van der Waals surface area contributed by atoms with Crippen molar-refractivity contribution in [3.05, 3.63) is 116 Å². The first-order valence-electron chi connectivity index (χ1n) is 10.7. The Kier molecular flexibility index (Phi) is 7.26. The summed E-state index contributed by atoms with van der Waals surface area (Å²) in [6.07, 6.45) is 2.60. The van der Waals surface area contributed by atoms with Crippen LogP contribution in [0, 0.1) is 17.5 Å². The van der Waals surface area contributed by atoms with Gasteiger partial charge in [0.2, 0.25) is 5.78 Å². The number of rotatable bonds is 6. The van der Waals surface area contributed by atoms with E-state index >= 15 is 4.39 Å². The van der Waals surface area contributed by atoms with Gasteiger partial charge in [-0.1, -0.05) is 35.3 Å². The Hall–Kier alpha value is -3.27. The van der Waals surface area contributed by atoms with Gasteiger partial charge < -0.3 is 4.72 Å². The van der Waals surface area contributed by atoms with E-state index in [1.807, 2.05) is 0 Å². The number of carbonyl (C=O) groups excluding carboxylic acids is 2. The molecule has 2 heterocycles. The van der Waals surface area contributed by atoms with E-state index < -0.39 is 34.7 Å². The average Bonchev–Trinajstić information content (AvgIpc) is 3.40. The summed E-state index contributed by atoms with van der Waals surface area (Å²) < 4.78 is 52.0. The molecule has 0 fully saturated rings. The van der Waals surface area contributed by atoms with Gasteiger partial charge in [0.15, 0.2) is 5.82 Å². The fraction of sp³-hybridized carbons (Fsp3) is 0. The molecule has 0 saturated carbocycles. The largest absolute Gasteiger partial charge is 0.392 e. The maximum absolute atomic E-state index is 15.4. The third-order valence-corrected chi connectivity index (χ3v) is 7.37. The number of ketones is 1. The van der Waals surface area contributed by atoms with Gasteiger partial charge in [-0.15, -0.1) is 4.57 Å². The summed E-state index contributed by atoms with van der Waals surface area (Å²) in [6, 6.07) is 12.1. The molecule has 0 bridgehead atoms. The molecule has 0 amide bonds. The second kappa shape index (κ2) is 10.5. The Bertz CT molecular complexity index is 1820. The minimum absolute atomic E-state index is 0.0243. The smallest absolute Gasteiger partial charge is 0.323 e. The second-order valence-electron chi connectivity index (χ2n) is 7.91. The number of nitrogens with one attached hydrogen (secondary N) is 1. The van der Waals surface area contributed by atoms with Crippen molar-refractivity contribution in [1.29, 1.82) is 0 Å². The molecule has 0 atom stereocenters. The van der Waals surface area contributed by atoms with Crippen molar-refractivity contribution in [2.24, 2.45) is 0 Å². The molecule has 4 aromatic rings. The molecule has 12 heteroatoms. The Balaban J connectivity index is 1.56. The van der Waals surface area contributed by atoms with Crippen LogP contribution in [0.2, 0.25) is 10.0 Å². The zero-order valence-electron chi connectivity index (χ0n) is 18.7. The molecule has 38 heavy (non-hydrogen) atoms. The van der Waals surface area contributed by atoms with E-state index in [-0.39, 0.29) is 37.6 Å². The van der Waals surface area contributed by atoms with E-state index in [1.165, 1.54) is 36.4 Å². The van der Waals surface area contributed by atoms with Gasteiger partial charge in [0.1, 0.15) is 28.6 Å². The minimum atomic E-state index is -1.15. The number of hydrogen-bond acceptors (Lipinski definition) is 4. The standard InChI is InChI=1S/C26H12BrCl2F3N3O2S/c27-20-10-14-15(11-35(25(14)33-20)26(37)21-16(28)5-2-6-17(21)29)24(36)22-18(31)7-8-19(23(22)32)34-38-13-4-1-3-12(30)9-13/h1-11,34H/q+1. The lowest BCUT2D eigenvalue weighted by molar-refractivity contribution is 0.0956. The summed E-state index contributed by atoms with van der Waals surface area (Å²) in [4.78, 5) is 27.3. The van der Waals surface area contributed by atoms with Crippen LogP contribution < -0.4 is 20.1 Å². The highest BCUT2D eigenvalue weighted by atomic mass is 79.9. The zero-order valence-corrected chi connectivity index (χ0v) is 22.7. The highest BCUT2D eigenvalue weighted by molar-refractivity contribution is 9.18. The van der Waals surface area contributed by atoms with Crippen LogP contribution in [0.15, 0.2) is 65.7 Å². The van der Waals surface area contributed by atoms with E-state index in [4.69, 9.17) is 23.2 Å². The molecule has 1 aliphatic heterocycles. The van der Waals surface area contributed by atoms with Crippen molar-refractivity contribution in [2.75, 3.05) is 4.72 Å². The topological polar surface area (TPSA) is 65.2 Å². The molecular formula is C26H12BrCl2F3N3O2S+. The normalized spacial score (nSPS) is 11.9. The third-order valence-electron chi connectivity index (χ3n) is 5.53. The van der Waals surface area contributed by atoms with Gasteiger partial charge in [0.05, 0.1) is 26.9 Å². The summed E-state index contributed by atoms with van der Waals surface area (Å²) in [6.45, 7) is 0. The van der Waals surface area contributed by atoms with E-state index in [9.17, 15) is 18.4 Å². The predicted octanol–water partition coefficient (Wildman–Crippen LogP) is 5.53. The van der Waals surface area contributed by atoms with Crippen molar-refractivity contribution in [3.8, 4) is 0 Å². The first kappa shape index (κ1) is 26.3. The molecule has 3 aromatic carbocycles. The van der Waals surface area contributed by atoms with E-state index in [2.05, 4.69) is 25.3 Å². The molecule has 0 saturated heterocycles. The maximum Gasteiger partial charge on any atom is 0.392 e. The lowest BCUT2D eigenvalue weighted by atomic mass is 10.0. The monoisotopic (exact) mass is 636 g/mol. The zero-order chi connectivity index (χ0) is 27.1. The Morgan fingerprint density at radius 2 is 1.68 bits per heavy atom. The molecular weight excluding hydrogens is 626 g/mol. The van der Waals surface area contributed by atoms with Crippen LogP contribution in [-0.2, 0) is 0 Å². The number of benzene rings is 3. The summed E-state index contributed by atoms with van der Waals surface area (Å²) in [5.74, 6) is -4.44. The van der Waals surface area contributed by atoms with Crippen molar-refractivity contribution in [3.63, 3.8) is 0 Å². The Morgan fingerprint density at radius 3 is 2.39 bits per heavy atom. The minimum Gasteiger partial charge on any atom is -0.323 e. The van der Waals surface area contributed by atoms with E-state index in [1.54, 1.807) is 12.1 Å². The van der Waals surface area contributed by atoms with Crippen LogP contribution in [0.1, 0.15) is 26.3 Å². The fourth-order valence-corrected chi connectivity index (χ4v) is 5.46. The Morgan fingerprint density at radius 1 is 0.974 bits per heavy atom. The molecule has 190 valence electrons. The van der Waals surface area contributed by atoms with E-state index in [0.29, 0.717) is 9.52 Å². The van der Waals surface area contributed by atoms with Gasteiger partial charge in [0, 0.05) is 26.9 Å². The van der Waals surface area contributed by atoms with Crippen LogP contribution in [0.5, 0.6) is 0 Å². The summed E-state index contributed by atoms with van der Waals surface area (Å²) in [7, 11) is 0. The van der Waals surface area contributed by atoms with Crippen LogP contribution in [0.4, 0.5) is 18.9 Å². The predicted molar refractivity (Wildman–Crippen MR) is 145 cm³/mol. The summed E-state index contributed by atoms with van der Waals surface area (Å²) in [5.41, 5.74) is -1.15. The quantitative estimate of drug-likeness (QED) is 0.172. The first-order valence-corrected chi connectivity index (χ1v) is 13.1. The highest BCUT2D eigenvalue weighted by Crippen LogP contribution is 2.29. The van der Waals surface area contributed by atoms with Crippen molar-refractivity contribution in [1.82, 2.24) is 9.24 Å². The molecule has 1 aliphatic rings. The van der Waals surface area contributed by atoms with Crippen LogP contribution in [0.25, 0.3) is 6.08 Å². The van der Waals surface area contributed by atoms with Gasteiger partial charge in [-0.05, 0) is 54.4 Å². The first-order chi connectivity index (χ1) is 18.2. The third kappa shape index (κ3) is 4.81. The number of fused-ring (bicyclic) bond motifs is 1. The average molecular weight is 638 g/mol. The van der Waals surface area contributed by atoms with Crippen molar-refractivity contribution >= 4 is 79.2 Å². The number of anilines is 1. The number of halogens is 6. The lowest BCUT2D eigenvalue weighted by Gasteiger charge is -2.10. The molecule has 0 spiro atoms. The van der Waals surface area contributed by atoms with Crippen LogP contribution in [-0.4, -0.2) is 20.9 Å².